The van der Waals surface area contributed by atoms with E-state index in [0.717, 1.165) is 5.56 Å². The van der Waals surface area contributed by atoms with Crippen molar-refractivity contribution < 1.29 is 4.74 Å². The van der Waals surface area contributed by atoms with Crippen LogP contribution in [0.15, 0.2) is 23.7 Å². The second-order valence-electron chi connectivity index (χ2n) is 4.22. The van der Waals surface area contributed by atoms with E-state index in [4.69, 9.17) is 39.5 Å². The molecule has 0 aliphatic carbocycles. The Morgan fingerprint density at radius 3 is 2.61 bits per heavy atom. The van der Waals surface area contributed by atoms with Crippen molar-refractivity contribution in [2.75, 3.05) is 6.61 Å². The van der Waals surface area contributed by atoms with E-state index in [9.17, 15) is 0 Å². The number of halogens is 3. The van der Waals surface area contributed by atoms with E-state index in [1.165, 1.54) is 0 Å². The van der Waals surface area contributed by atoms with Crippen molar-refractivity contribution in [3.8, 4) is 5.75 Å². The van der Waals surface area contributed by atoms with Crippen LogP contribution in [0.25, 0.3) is 0 Å². The van der Waals surface area contributed by atoms with Crippen LogP contribution in [0.3, 0.4) is 0 Å². The molecule has 0 aliphatic heterocycles. The molecule has 0 saturated heterocycles. The van der Waals surface area contributed by atoms with Gasteiger partial charge in [-0.05, 0) is 12.1 Å². The summed E-state index contributed by atoms with van der Waals surface area (Å²) in [5.41, 5.74) is 0.902. The third-order valence-electron chi connectivity index (χ3n) is 2.16. The van der Waals surface area contributed by atoms with Crippen LogP contribution in [0.2, 0.25) is 10.0 Å². The Morgan fingerprint density at radius 2 is 2.06 bits per heavy atom. The molecule has 0 bridgehead atoms. The van der Waals surface area contributed by atoms with Gasteiger partial charge in [-0.3, -0.25) is 0 Å². The highest BCUT2D eigenvalue weighted by molar-refractivity contribution is 6.35. The van der Waals surface area contributed by atoms with Crippen LogP contribution in [0.4, 0.5) is 0 Å². The second-order valence-corrected chi connectivity index (χ2v) is 5.60. The number of hydrogen-bond acceptors (Lipinski definition) is 2. The Bertz CT molecular complexity index is 432. The van der Waals surface area contributed by atoms with Gasteiger partial charge >= 0.3 is 0 Å². The first kappa shape index (κ1) is 15.6. The van der Waals surface area contributed by atoms with E-state index in [-0.39, 0.29) is 6.61 Å². The molecule has 0 spiro atoms. The molecule has 1 aromatic rings. The van der Waals surface area contributed by atoms with Crippen LogP contribution >= 0.6 is 34.8 Å². The molecule has 0 aliphatic rings. The Balaban J connectivity index is 2.93. The molecule has 5 heteroatoms. The Labute approximate surface area is 123 Å². The first-order chi connectivity index (χ1) is 8.40. The van der Waals surface area contributed by atoms with Gasteiger partial charge < -0.3 is 10.1 Å². The van der Waals surface area contributed by atoms with Crippen molar-refractivity contribution in [2.45, 2.75) is 26.4 Å². The highest BCUT2D eigenvalue weighted by atomic mass is 35.5. The Morgan fingerprint density at radius 1 is 1.39 bits per heavy atom. The molecule has 18 heavy (non-hydrogen) atoms. The van der Waals surface area contributed by atoms with Gasteiger partial charge in [0.1, 0.15) is 12.4 Å². The lowest BCUT2D eigenvalue weighted by molar-refractivity contribution is 0.354. The van der Waals surface area contributed by atoms with Gasteiger partial charge in [0.05, 0.1) is 5.02 Å². The van der Waals surface area contributed by atoms with Crippen molar-refractivity contribution in [1.82, 2.24) is 5.32 Å². The van der Waals surface area contributed by atoms with Gasteiger partial charge in [-0.25, -0.2) is 0 Å². The molecule has 0 heterocycles. The molecule has 1 rings (SSSR count). The van der Waals surface area contributed by atoms with Gasteiger partial charge in [0, 0.05) is 28.2 Å². The molecule has 1 N–H and O–H groups in total. The van der Waals surface area contributed by atoms with Crippen LogP contribution in [-0.4, -0.2) is 12.6 Å². The molecule has 0 fully saturated rings. The van der Waals surface area contributed by atoms with E-state index >= 15 is 0 Å². The van der Waals surface area contributed by atoms with Gasteiger partial charge in [0.25, 0.3) is 0 Å². The molecule has 0 atom stereocenters. The molecule has 1 aromatic carbocycles. The fraction of sp³-hybridized carbons (Fsp3) is 0.385. The fourth-order valence-corrected chi connectivity index (χ4v) is 2.02. The highest BCUT2D eigenvalue weighted by Gasteiger charge is 2.11. The van der Waals surface area contributed by atoms with Crippen LogP contribution in [0, 0.1) is 0 Å². The summed E-state index contributed by atoms with van der Waals surface area (Å²) in [7, 11) is 0. The number of rotatable bonds is 6. The number of hydrogen-bond donors (Lipinski definition) is 1. The minimum atomic E-state index is 0.220. The summed E-state index contributed by atoms with van der Waals surface area (Å²) in [5.74, 6) is 0.594. The predicted octanol–water partition coefficient (Wildman–Crippen LogP) is 4.62. The van der Waals surface area contributed by atoms with Crippen molar-refractivity contribution in [2.24, 2.45) is 0 Å². The van der Waals surface area contributed by atoms with Gasteiger partial charge in [0.2, 0.25) is 0 Å². The Hall–Kier alpha value is -0.410. The zero-order valence-corrected chi connectivity index (χ0v) is 12.7. The topological polar surface area (TPSA) is 21.3 Å². The van der Waals surface area contributed by atoms with Crippen molar-refractivity contribution in [1.29, 1.82) is 0 Å². The molecule has 0 amide bonds. The highest BCUT2D eigenvalue weighted by Crippen LogP contribution is 2.32. The lowest BCUT2D eigenvalue weighted by Gasteiger charge is -2.15. The largest absolute Gasteiger partial charge is 0.486 e. The number of benzene rings is 1. The van der Waals surface area contributed by atoms with Crippen LogP contribution in [0.1, 0.15) is 19.4 Å². The van der Waals surface area contributed by atoms with Gasteiger partial charge in [-0.1, -0.05) is 55.2 Å². The summed E-state index contributed by atoms with van der Waals surface area (Å²) < 4.78 is 5.55. The van der Waals surface area contributed by atoms with Crippen LogP contribution in [-0.2, 0) is 6.54 Å². The third-order valence-corrected chi connectivity index (χ3v) is 2.77. The third kappa shape index (κ3) is 5.07. The summed E-state index contributed by atoms with van der Waals surface area (Å²) in [6, 6.07) is 3.84. The summed E-state index contributed by atoms with van der Waals surface area (Å²) >= 11 is 17.8. The Kier molecular flexibility index (Phi) is 6.30. The maximum absolute atomic E-state index is 6.12. The van der Waals surface area contributed by atoms with Crippen LogP contribution in [0.5, 0.6) is 5.75 Å². The van der Waals surface area contributed by atoms with Gasteiger partial charge in [-0.15, -0.1) is 0 Å². The monoisotopic (exact) mass is 307 g/mol. The average Bonchev–Trinajstić information content (AvgIpc) is 2.24. The molecule has 2 nitrogen and oxygen atoms in total. The SMILES string of the molecule is C=C(Cl)COc1c(Cl)cc(Cl)cc1CNC(C)C. The quantitative estimate of drug-likeness (QED) is 0.828. The lowest BCUT2D eigenvalue weighted by atomic mass is 10.2. The molecule has 100 valence electrons. The maximum Gasteiger partial charge on any atom is 0.143 e. The first-order valence-corrected chi connectivity index (χ1v) is 6.71. The zero-order valence-electron chi connectivity index (χ0n) is 10.4. The maximum atomic E-state index is 6.12. The fourth-order valence-electron chi connectivity index (χ4n) is 1.37. The van der Waals surface area contributed by atoms with Gasteiger partial charge in [-0.2, -0.15) is 0 Å². The molecule has 0 unspecified atom stereocenters. The summed E-state index contributed by atoms with van der Waals surface area (Å²) in [6.45, 7) is 8.55. The second kappa shape index (κ2) is 7.25. The number of nitrogens with one attached hydrogen (secondary N) is 1. The standard InChI is InChI=1S/C13H16Cl3NO/c1-8(2)17-6-10-4-11(15)5-12(16)13(10)18-7-9(3)14/h4-5,8,17H,3,6-7H2,1-2H3. The van der Waals surface area contributed by atoms with Crippen LogP contribution < -0.4 is 10.1 Å². The van der Waals surface area contributed by atoms with E-state index in [0.29, 0.717) is 33.4 Å². The first-order valence-electron chi connectivity index (χ1n) is 5.57. The van der Waals surface area contributed by atoms with E-state index < -0.39 is 0 Å². The molecule has 0 aromatic heterocycles. The van der Waals surface area contributed by atoms with Crippen molar-refractivity contribution in [3.63, 3.8) is 0 Å². The van der Waals surface area contributed by atoms with Crippen molar-refractivity contribution in [3.05, 3.63) is 39.4 Å². The lowest BCUT2D eigenvalue weighted by Crippen LogP contribution is -2.22. The smallest absolute Gasteiger partial charge is 0.143 e. The average molecular weight is 309 g/mol. The predicted molar refractivity (Wildman–Crippen MR) is 78.9 cm³/mol. The van der Waals surface area contributed by atoms with Gasteiger partial charge in [0.15, 0.2) is 0 Å². The van der Waals surface area contributed by atoms with E-state index in [1.807, 2.05) is 6.07 Å². The normalized spacial score (nSPS) is 10.8. The molecule has 0 saturated carbocycles. The van der Waals surface area contributed by atoms with Crippen molar-refractivity contribution >= 4 is 34.8 Å². The molecular formula is C13H16Cl3NO. The zero-order chi connectivity index (χ0) is 13.7. The molecular weight excluding hydrogens is 293 g/mol. The van der Waals surface area contributed by atoms with E-state index in [1.54, 1.807) is 6.07 Å². The minimum Gasteiger partial charge on any atom is -0.486 e. The number of ether oxygens (including phenoxy) is 1. The minimum absolute atomic E-state index is 0.220. The summed E-state index contributed by atoms with van der Waals surface area (Å²) in [4.78, 5) is 0. The van der Waals surface area contributed by atoms with E-state index in [2.05, 4.69) is 25.7 Å². The molecule has 0 radical (unpaired) electrons. The summed E-state index contributed by atoms with van der Waals surface area (Å²) in [5, 5.41) is 4.77. The summed E-state index contributed by atoms with van der Waals surface area (Å²) in [6.07, 6.45) is 0.